The molecule has 5 rings (SSSR count). The molecule has 2 aliphatic heterocycles. The van der Waals surface area contributed by atoms with E-state index in [-0.39, 0.29) is 30.4 Å². The summed E-state index contributed by atoms with van der Waals surface area (Å²) in [7, 11) is 0. The van der Waals surface area contributed by atoms with Crippen LogP contribution in [-0.4, -0.2) is 37.9 Å². The summed E-state index contributed by atoms with van der Waals surface area (Å²) in [6, 6.07) is 15.1. The summed E-state index contributed by atoms with van der Waals surface area (Å²) in [6.45, 7) is 0.231. The normalized spacial score (nSPS) is 24.5. The van der Waals surface area contributed by atoms with Gasteiger partial charge in [0, 0.05) is 12.1 Å². The van der Waals surface area contributed by atoms with Crippen molar-refractivity contribution in [1.29, 1.82) is 0 Å². The number of halogens is 1. The van der Waals surface area contributed by atoms with Crippen LogP contribution >= 0.6 is 0 Å². The van der Waals surface area contributed by atoms with Crippen molar-refractivity contribution < 1.29 is 9.18 Å². The van der Waals surface area contributed by atoms with Crippen LogP contribution in [0, 0.1) is 5.82 Å². The first-order valence-corrected chi connectivity index (χ1v) is 9.54. The van der Waals surface area contributed by atoms with E-state index in [0.29, 0.717) is 5.92 Å². The Kier molecular flexibility index (Phi) is 3.92. The second-order valence-electron chi connectivity index (χ2n) is 7.64. The topological polar surface area (TPSA) is 51.0 Å². The Morgan fingerprint density at radius 2 is 1.74 bits per heavy atom. The largest absolute Gasteiger partial charge is 0.335 e. The number of fused-ring (bicyclic) bond motifs is 3. The number of hydrogen-bond donors (Lipinski definition) is 0. The Hall–Kier alpha value is -2.76. The van der Waals surface area contributed by atoms with Gasteiger partial charge in [0.05, 0.1) is 5.52 Å². The molecular weight excluding hydrogens is 343 g/mol. The average Bonchev–Trinajstić information content (AvgIpc) is 3.20. The summed E-state index contributed by atoms with van der Waals surface area (Å²) in [4.78, 5) is 15.1. The molecule has 2 bridgehead atoms. The van der Waals surface area contributed by atoms with Crippen molar-refractivity contribution in [2.45, 2.75) is 50.2 Å². The number of carbonyl (C=O) groups is 1. The van der Waals surface area contributed by atoms with Gasteiger partial charge in [-0.1, -0.05) is 29.5 Å². The van der Waals surface area contributed by atoms with Crippen molar-refractivity contribution in [3.8, 4) is 0 Å². The number of nitrogens with zero attached hydrogens (tertiary/aromatic N) is 4. The first-order chi connectivity index (χ1) is 13.2. The summed E-state index contributed by atoms with van der Waals surface area (Å²) < 4.78 is 14.9. The molecule has 0 spiro atoms. The third kappa shape index (κ3) is 2.89. The van der Waals surface area contributed by atoms with Gasteiger partial charge in [0.15, 0.2) is 0 Å². The Morgan fingerprint density at radius 3 is 2.48 bits per heavy atom. The molecular formula is C21H21FN4O. The zero-order chi connectivity index (χ0) is 18.4. The molecule has 2 unspecified atom stereocenters. The molecule has 0 radical (unpaired) electrons. The van der Waals surface area contributed by atoms with E-state index >= 15 is 0 Å². The summed E-state index contributed by atoms with van der Waals surface area (Å²) in [6.07, 6.45) is 4.00. The Labute approximate surface area is 156 Å². The van der Waals surface area contributed by atoms with Crippen molar-refractivity contribution >= 4 is 16.9 Å². The molecule has 138 valence electrons. The third-order valence-corrected chi connectivity index (χ3v) is 6.07. The maximum absolute atomic E-state index is 13.2. The highest BCUT2D eigenvalue weighted by Gasteiger charge is 2.43. The van der Waals surface area contributed by atoms with Gasteiger partial charge in [-0.15, -0.1) is 5.10 Å². The molecule has 3 heterocycles. The van der Waals surface area contributed by atoms with Gasteiger partial charge >= 0.3 is 0 Å². The molecule has 27 heavy (non-hydrogen) atoms. The van der Waals surface area contributed by atoms with Gasteiger partial charge in [0.25, 0.3) is 0 Å². The molecule has 2 fully saturated rings. The van der Waals surface area contributed by atoms with Crippen molar-refractivity contribution in [3.63, 3.8) is 0 Å². The van der Waals surface area contributed by atoms with E-state index in [1.807, 2.05) is 36.4 Å². The van der Waals surface area contributed by atoms with Crippen LogP contribution < -0.4 is 0 Å². The lowest BCUT2D eigenvalue weighted by molar-refractivity contribution is -0.136. The molecule has 2 atom stereocenters. The standard InChI is InChI=1S/C21H21FN4O/c22-16-7-5-14(6-8-16)15-11-17-9-10-18(12-15)26(17)21(27)13-25-20-4-2-1-3-19(20)23-24-25/h1-8,15,17-18H,9-13H2. The number of carbonyl (C=O) groups excluding carboxylic acids is 1. The van der Waals surface area contributed by atoms with Crippen molar-refractivity contribution in [1.82, 2.24) is 19.9 Å². The number of para-hydroxylation sites is 1. The van der Waals surface area contributed by atoms with Crippen molar-refractivity contribution in [3.05, 3.63) is 59.9 Å². The highest BCUT2D eigenvalue weighted by Crippen LogP contribution is 2.43. The van der Waals surface area contributed by atoms with Crippen LogP contribution in [0.3, 0.4) is 0 Å². The molecule has 2 aromatic carbocycles. The number of rotatable bonds is 3. The molecule has 0 saturated carbocycles. The lowest BCUT2D eigenvalue weighted by Gasteiger charge is -2.39. The molecule has 1 amide bonds. The second kappa shape index (κ2) is 6.44. The third-order valence-electron chi connectivity index (χ3n) is 6.07. The van der Waals surface area contributed by atoms with E-state index in [1.54, 1.807) is 4.68 Å². The van der Waals surface area contributed by atoms with Crippen LogP contribution in [0.5, 0.6) is 0 Å². The Bertz CT molecular complexity index is 969. The number of hydrogen-bond acceptors (Lipinski definition) is 3. The highest BCUT2D eigenvalue weighted by atomic mass is 19.1. The fourth-order valence-electron chi connectivity index (χ4n) is 4.84. The monoisotopic (exact) mass is 364 g/mol. The van der Waals surface area contributed by atoms with Crippen LogP contribution in [0.4, 0.5) is 4.39 Å². The number of aromatic nitrogens is 3. The van der Waals surface area contributed by atoms with Gasteiger partial charge in [0.1, 0.15) is 17.9 Å². The maximum atomic E-state index is 13.2. The molecule has 2 aliphatic rings. The SMILES string of the molecule is O=C(Cn1nnc2ccccc21)N1C2CCC1CC(c1ccc(F)cc1)C2. The first-order valence-electron chi connectivity index (χ1n) is 9.54. The van der Waals surface area contributed by atoms with Gasteiger partial charge < -0.3 is 4.90 Å². The van der Waals surface area contributed by atoms with E-state index in [2.05, 4.69) is 15.2 Å². The molecule has 2 saturated heterocycles. The van der Waals surface area contributed by atoms with Crippen LogP contribution in [-0.2, 0) is 11.3 Å². The molecule has 5 nitrogen and oxygen atoms in total. The summed E-state index contributed by atoms with van der Waals surface area (Å²) in [5.41, 5.74) is 2.88. The second-order valence-corrected chi connectivity index (χ2v) is 7.64. The van der Waals surface area contributed by atoms with Crippen LogP contribution in [0.15, 0.2) is 48.5 Å². The van der Waals surface area contributed by atoms with E-state index in [0.717, 1.165) is 36.7 Å². The maximum Gasteiger partial charge on any atom is 0.244 e. The molecule has 3 aromatic rings. The minimum absolute atomic E-state index is 0.121. The van der Waals surface area contributed by atoms with Gasteiger partial charge in [0.2, 0.25) is 5.91 Å². The van der Waals surface area contributed by atoms with E-state index < -0.39 is 0 Å². The zero-order valence-corrected chi connectivity index (χ0v) is 15.0. The molecule has 0 aliphatic carbocycles. The van der Waals surface area contributed by atoms with Gasteiger partial charge in [-0.3, -0.25) is 4.79 Å². The van der Waals surface area contributed by atoms with Crippen LogP contribution in [0.25, 0.3) is 11.0 Å². The van der Waals surface area contributed by atoms with E-state index in [4.69, 9.17) is 0 Å². The van der Waals surface area contributed by atoms with Gasteiger partial charge in [-0.05, 0) is 61.4 Å². The van der Waals surface area contributed by atoms with Crippen molar-refractivity contribution in [2.24, 2.45) is 0 Å². The highest BCUT2D eigenvalue weighted by molar-refractivity contribution is 5.80. The lowest BCUT2D eigenvalue weighted by atomic mass is 9.85. The zero-order valence-electron chi connectivity index (χ0n) is 15.0. The first kappa shape index (κ1) is 16.4. The number of amides is 1. The minimum atomic E-state index is -0.200. The lowest BCUT2D eigenvalue weighted by Crippen LogP contribution is -2.47. The smallest absolute Gasteiger partial charge is 0.244 e. The van der Waals surface area contributed by atoms with Crippen molar-refractivity contribution in [2.75, 3.05) is 0 Å². The van der Waals surface area contributed by atoms with Gasteiger partial charge in [-0.25, -0.2) is 9.07 Å². The number of benzene rings is 2. The predicted octanol–water partition coefficient (Wildman–Crippen LogP) is 3.51. The molecule has 6 heteroatoms. The average molecular weight is 364 g/mol. The molecule has 0 N–H and O–H groups in total. The van der Waals surface area contributed by atoms with E-state index in [1.165, 1.54) is 17.7 Å². The van der Waals surface area contributed by atoms with E-state index in [9.17, 15) is 9.18 Å². The molecule has 1 aromatic heterocycles. The van der Waals surface area contributed by atoms with Crippen LogP contribution in [0.2, 0.25) is 0 Å². The Balaban J connectivity index is 1.33. The fourth-order valence-corrected chi connectivity index (χ4v) is 4.84. The summed E-state index contributed by atoms with van der Waals surface area (Å²) >= 11 is 0. The van der Waals surface area contributed by atoms with Crippen LogP contribution in [0.1, 0.15) is 37.2 Å². The number of piperidine rings is 1. The van der Waals surface area contributed by atoms with Gasteiger partial charge in [-0.2, -0.15) is 0 Å². The summed E-state index contributed by atoms with van der Waals surface area (Å²) in [5, 5.41) is 8.30. The Morgan fingerprint density at radius 1 is 1.04 bits per heavy atom. The quantitative estimate of drug-likeness (QED) is 0.715. The predicted molar refractivity (Wildman–Crippen MR) is 99.6 cm³/mol. The minimum Gasteiger partial charge on any atom is -0.335 e. The summed E-state index contributed by atoms with van der Waals surface area (Å²) in [5.74, 6) is 0.324. The fraction of sp³-hybridized carbons (Fsp3) is 0.381.